The Labute approximate surface area is 129 Å². The lowest BCUT2D eigenvalue weighted by molar-refractivity contribution is 0.0793. The summed E-state index contributed by atoms with van der Waals surface area (Å²) in [6.07, 6.45) is 4.84. The molecule has 4 heteroatoms. The number of benzene rings is 1. The van der Waals surface area contributed by atoms with Crippen molar-refractivity contribution >= 4 is 5.91 Å². The number of carbonyl (C=O) groups is 1. The normalized spacial score (nSPS) is 16.5. The van der Waals surface area contributed by atoms with Crippen molar-refractivity contribution in [1.82, 2.24) is 9.88 Å². The second-order valence-corrected chi connectivity index (χ2v) is 5.79. The van der Waals surface area contributed by atoms with Crippen LogP contribution >= 0.6 is 0 Å². The number of pyridine rings is 1. The molecule has 0 saturated carbocycles. The third kappa shape index (κ3) is 2.15. The summed E-state index contributed by atoms with van der Waals surface area (Å²) in [4.78, 5) is 19.2. The molecule has 1 saturated heterocycles. The molecule has 112 valence electrons. The molecule has 4 nitrogen and oxygen atoms in total. The van der Waals surface area contributed by atoms with Crippen molar-refractivity contribution in [2.24, 2.45) is 0 Å². The Balaban J connectivity index is 1.80. The van der Waals surface area contributed by atoms with Gasteiger partial charge in [0.2, 0.25) is 0 Å². The van der Waals surface area contributed by atoms with Crippen LogP contribution in [0.3, 0.4) is 0 Å². The van der Waals surface area contributed by atoms with Gasteiger partial charge in [0.25, 0.3) is 5.91 Å². The Bertz CT molecular complexity index is 721. The number of aromatic nitrogens is 1. The number of fused-ring (bicyclic) bond motifs is 1. The Hall–Kier alpha value is -2.36. The molecule has 1 fully saturated rings. The average molecular weight is 294 g/mol. The molecular weight excluding hydrogens is 276 g/mol. The number of para-hydroxylation sites is 1. The first-order valence-electron chi connectivity index (χ1n) is 7.84. The smallest absolute Gasteiger partial charge is 0.256 e. The van der Waals surface area contributed by atoms with Crippen LogP contribution in [0.25, 0.3) is 11.3 Å². The lowest BCUT2D eigenvalue weighted by atomic mass is 10.0. The predicted octanol–water partition coefficient (Wildman–Crippen LogP) is 2.92. The van der Waals surface area contributed by atoms with Gasteiger partial charge in [0.1, 0.15) is 5.75 Å². The molecule has 0 spiro atoms. The number of carbonyl (C=O) groups excluding carboxylic acids is 1. The van der Waals surface area contributed by atoms with Crippen molar-refractivity contribution in [3.63, 3.8) is 0 Å². The summed E-state index contributed by atoms with van der Waals surface area (Å²) in [6, 6.07) is 9.79. The zero-order chi connectivity index (χ0) is 14.9. The standard InChI is InChI=1S/C18H18N2O2/c21-18(20-10-1-2-11-20)15-7-4-9-19-16(15)14-6-3-5-13-8-12-22-17(13)14/h3-7,9H,1-2,8,10-12H2. The van der Waals surface area contributed by atoms with Gasteiger partial charge >= 0.3 is 0 Å². The summed E-state index contributed by atoms with van der Waals surface area (Å²) in [6.45, 7) is 2.39. The first-order valence-corrected chi connectivity index (χ1v) is 7.84. The fraction of sp³-hybridized carbons (Fsp3) is 0.333. The van der Waals surface area contributed by atoms with Gasteiger partial charge in [-0.15, -0.1) is 0 Å². The van der Waals surface area contributed by atoms with Crippen molar-refractivity contribution in [1.29, 1.82) is 0 Å². The number of likely N-dealkylation sites (tertiary alicyclic amines) is 1. The molecule has 2 aliphatic rings. The Morgan fingerprint density at radius 2 is 2.00 bits per heavy atom. The number of ether oxygens (including phenoxy) is 1. The van der Waals surface area contributed by atoms with Crippen molar-refractivity contribution in [3.8, 4) is 17.0 Å². The van der Waals surface area contributed by atoms with Gasteiger partial charge < -0.3 is 9.64 Å². The monoisotopic (exact) mass is 294 g/mol. The Morgan fingerprint density at radius 1 is 1.14 bits per heavy atom. The first kappa shape index (κ1) is 13.3. The molecule has 1 amide bonds. The van der Waals surface area contributed by atoms with E-state index in [1.54, 1.807) is 6.20 Å². The van der Waals surface area contributed by atoms with Crippen LogP contribution in [-0.2, 0) is 6.42 Å². The number of hydrogen-bond acceptors (Lipinski definition) is 3. The molecule has 0 bridgehead atoms. The van der Waals surface area contributed by atoms with Gasteiger partial charge in [-0.25, -0.2) is 0 Å². The maximum atomic E-state index is 12.8. The molecule has 1 aromatic carbocycles. The summed E-state index contributed by atoms with van der Waals surface area (Å²) in [5.41, 5.74) is 3.53. The quantitative estimate of drug-likeness (QED) is 0.855. The highest BCUT2D eigenvalue weighted by atomic mass is 16.5. The van der Waals surface area contributed by atoms with E-state index >= 15 is 0 Å². The third-order valence-corrected chi connectivity index (χ3v) is 4.40. The zero-order valence-corrected chi connectivity index (χ0v) is 12.4. The van der Waals surface area contributed by atoms with Crippen LogP contribution in [0.4, 0.5) is 0 Å². The highest BCUT2D eigenvalue weighted by Gasteiger charge is 2.25. The van der Waals surface area contributed by atoms with E-state index in [4.69, 9.17) is 4.74 Å². The number of rotatable bonds is 2. The van der Waals surface area contributed by atoms with Gasteiger partial charge in [-0.05, 0) is 36.6 Å². The van der Waals surface area contributed by atoms with E-state index < -0.39 is 0 Å². The van der Waals surface area contributed by atoms with Gasteiger partial charge in [0.05, 0.1) is 17.9 Å². The van der Waals surface area contributed by atoms with E-state index in [2.05, 4.69) is 11.1 Å². The van der Waals surface area contributed by atoms with Gasteiger partial charge in [0.15, 0.2) is 0 Å². The van der Waals surface area contributed by atoms with Crippen molar-refractivity contribution in [2.45, 2.75) is 19.3 Å². The second kappa shape index (κ2) is 5.44. The SMILES string of the molecule is O=C(c1cccnc1-c1cccc2c1OCC2)N1CCCC1. The first-order chi connectivity index (χ1) is 10.8. The second-order valence-electron chi connectivity index (χ2n) is 5.79. The molecule has 0 N–H and O–H groups in total. The predicted molar refractivity (Wildman–Crippen MR) is 84.0 cm³/mol. The molecule has 2 aromatic rings. The maximum Gasteiger partial charge on any atom is 0.256 e. The van der Waals surface area contributed by atoms with E-state index in [9.17, 15) is 4.79 Å². The average Bonchev–Trinajstić information content (AvgIpc) is 3.25. The molecule has 2 aliphatic heterocycles. The largest absolute Gasteiger partial charge is 0.492 e. The minimum absolute atomic E-state index is 0.0798. The lowest BCUT2D eigenvalue weighted by Gasteiger charge is -2.18. The van der Waals surface area contributed by atoms with E-state index in [-0.39, 0.29) is 5.91 Å². The van der Waals surface area contributed by atoms with Crippen LogP contribution in [0, 0.1) is 0 Å². The molecule has 0 aliphatic carbocycles. The summed E-state index contributed by atoms with van der Waals surface area (Å²) < 4.78 is 5.78. The van der Waals surface area contributed by atoms with Crippen molar-refractivity contribution in [3.05, 3.63) is 47.7 Å². The van der Waals surface area contributed by atoms with Crippen LogP contribution in [0.5, 0.6) is 5.75 Å². The van der Waals surface area contributed by atoms with E-state index in [0.717, 1.165) is 49.4 Å². The van der Waals surface area contributed by atoms with Crippen molar-refractivity contribution in [2.75, 3.05) is 19.7 Å². The van der Waals surface area contributed by atoms with Crippen LogP contribution < -0.4 is 4.74 Å². The molecule has 3 heterocycles. The van der Waals surface area contributed by atoms with E-state index in [0.29, 0.717) is 12.2 Å². The van der Waals surface area contributed by atoms with Gasteiger partial charge in [-0.1, -0.05) is 12.1 Å². The zero-order valence-electron chi connectivity index (χ0n) is 12.4. The molecule has 4 rings (SSSR count). The Morgan fingerprint density at radius 3 is 2.86 bits per heavy atom. The number of nitrogens with zero attached hydrogens (tertiary/aromatic N) is 2. The Kier molecular flexibility index (Phi) is 3.29. The lowest BCUT2D eigenvalue weighted by Crippen LogP contribution is -2.28. The molecular formula is C18H18N2O2. The van der Waals surface area contributed by atoms with Crippen molar-refractivity contribution < 1.29 is 9.53 Å². The highest BCUT2D eigenvalue weighted by molar-refractivity contribution is 6.00. The summed E-state index contributed by atoms with van der Waals surface area (Å²) in [5, 5.41) is 0. The molecule has 1 aromatic heterocycles. The van der Waals surface area contributed by atoms with Gasteiger partial charge in [-0.3, -0.25) is 9.78 Å². The topological polar surface area (TPSA) is 42.4 Å². The molecule has 22 heavy (non-hydrogen) atoms. The van der Waals surface area contributed by atoms with E-state index in [1.807, 2.05) is 29.2 Å². The van der Waals surface area contributed by atoms with Crippen LogP contribution in [-0.4, -0.2) is 35.5 Å². The van der Waals surface area contributed by atoms with Crippen LogP contribution in [0.1, 0.15) is 28.8 Å². The van der Waals surface area contributed by atoms with Crippen LogP contribution in [0.2, 0.25) is 0 Å². The number of amides is 1. The van der Waals surface area contributed by atoms with Gasteiger partial charge in [0, 0.05) is 31.3 Å². The van der Waals surface area contributed by atoms with Crippen LogP contribution in [0.15, 0.2) is 36.5 Å². The summed E-state index contributed by atoms with van der Waals surface area (Å²) in [5.74, 6) is 0.966. The van der Waals surface area contributed by atoms with Gasteiger partial charge in [-0.2, -0.15) is 0 Å². The minimum atomic E-state index is 0.0798. The minimum Gasteiger partial charge on any atom is -0.492 e. The molecule has 0 atom stereocenters. The van der Waals surface area contributed by atoms with E-state index in [1.165, 1.54) is 5.56 Å². The fourth-order valence-corrected chi connectivity index (χ4v) is 3.28. The summed E-state index contributed by atoms with van der Waals surface area (Å²) >= 11 is 0. The summed E-state index contributed by atoms with van der Waals surface area (Å²) in [7, 11) is 0. The number of hydrogen-bond donors (Lipinski definition) is 0. The third-order valence-electron chi connectivity index (χ3n) is 4.40. The maximum absolute atomic E-state index is 12.8. The molecule has 0 radical (unpaired) electrons. The molecule has 0 unspecified atom stereocenters. The fourth-order valence-electron chi connectivity index (χ4n) is 3.28. The highest BCUT2D eigenvalue weighted by Crippen LogP contribution is 2.37.